The third-order valence-corrected chi connectivity index (χ3v) is 4.28. The van der Waals surface area contributed by atoms with E-state index in [-0.39, 0.29) is 5.56 Å². The van der Waals surface area contributed by atoms with Gasteiger partial charge in [0.05, 0.1) is 5.39 Å². The predicted octanol–water partition coefficient (Wildman–Crippen LogP) is 2.54. The first-order valence-electron chi connectivity index (χ1n) is 8.63. The Morgan fingerprint density at radius 3 is 2.57 bits per heavy atom. The van der Waals surface area contributed by atoms with Crippen molar-refractivity contribution in [2.24, 2.45) is 0 Å². The summed E-state index contributed by atoms with van der Waals surface area (Å²) in [5.41, 5.74) is 0.649. The Morgan fingerprint density at radius 2 is 1.91 bits per heavy atom. The lowest BCUT2D eigenvalue weighted by Crippen LogP contribution is -2.29. The third-order valence-electron chi connectivity index (χ3n) is 4.28. The molecule has 1 aliphatic rings. The smallest absolute Gasteiger partial charge is 0.260 e. The molecule has 23 heavy (non-hydrogen) atoms. The number of pyridine rings is 1. The second kappa shape index (κ2) is 6.98. The van der Waals surface area contributed by atoms with Crippen molar-refractivity contribution in [3.8, 4) is 0 Å². The quantitative estimate of drug-likeness (QED) is 0.887. The third kappa shape index (κ3) is 3.16. The molecule has 0 amide bonds. The molecule has 0 bridgehead atoms. The highest BCUT2D eigenvalue weighted by Crippen LogP contribution is 2.25. The summed E-state index contributed by atoms with van der Waals surface area (Å²) < 4.78 is 0. The maximum atomic E-state index is 12.5. The molecule has 2 aromatic heterocycles. The van der Waals surface area contributed by atoms with Gasteiger partial charge < -0.3 is 9.80 Å². The Balaban J connectivity index is 2.10. The summed E-state index contributed by atoms with van der Waals surface area (Å²) in [5, 5.41) is 0.624. The van der Waals surface area contributed by atoms with Gasteiger partial charge in [-0.05, 0) is 31.7 Å². The van der Waals surface area contributed by atoms with E-state index in [1.165, 1.54) is 12.8 Å². The van der Waals surface area contributed by atoms with Gasteiger partial charge in [0.25, 0.3) is 5.56 Å². The molecule has 2 aromatic rings. The highest BCUT2D eigenvalue weighted by molar-refractivity contribution is 5.88. The normalized spacial score (nSPS) is 14.6. The molecular formula is C17H25N5O. The summed E-state index contributed by atoms with van der Waals surface area (Å²) in [7, 11) is 0. The van der Waals surface area contributed by atoms with Crippen LogP contribution in [0.15, 0.2) is 17.1 Å². The Bertz CT molecular complexity index is 714. The van der Waals surface area contributed by atoms with Crippen LogP contribution in [0.3, 0.4) is 0 Å². The molecule has 1 N–H and O–H groups in total. The summed E-state index contributed by atoms with van der Waals surface area (Å²) in [4.78, 5) is 29.2. The van der Waals surface area contributed by atoms with E-state index in [9.17, 15) is 4.79 Å². The molecule has 0 atom stereocenters. The number of fused-ring (bicyclic) bond motifs is 1. The maximum absolute atomic E-state index is 12.5. The van der Waals surface area contributed by atoms with Crippen molar-refractivity contribution < 1.29 is 0 Å². The lowest BCUT2D eigenvalue weighted by molar-refractivity contribution is 0.721. The summed E-state index contributed by atoms with van der Waals surface area (Å²) >= 11 is 0. The minimum absolute atomic E-state index is 0.0787. The zero-order valence-corrected chi connectivity index (χ0v) is 14.0. The average Bonchev–Trinajstić information content (AvgIpc) is 3.08. The first-order valence-corrected chi connectivity index (χ1v) is 8.63. The molecule has 0 aliphatic carbocycles. The van der Waals surface area contributed by atoms with Gasteiger partial charge in [0.1, 0.15) is 5.52 Å². The summed E-state index contributed by atoms with van der Waals surface area (Å²) in [6, 6.07) is 1.76. The zero-order chi connectivity index (χ0) is 16.2. The average molecular weight is 315 g/mol. The van der Waals surface area contributed by atoms with Gasteiger partial charge in [0.2, 0.25) is 5.95 Å². The van der Waals surface area contributed by atoms with Crippen LogP contribution in [-0.4, -0.2) is 41.1 Å². The van der Waals surface area contributed by atoms with E-state index >= 15 is 0 Å². The highest BCUT2D eigenvalue weighted by atomic mass is 16.1. The second-order valence-electron chi connectivity index (χ2n) is 6.10. The van der Waals surface area contributed by atoms with Gasteiger partial charge in [0, 0.05) is 32.4 Å². The van der Waals surface area contributed by atoms with Crippen LogP contribution in [-0.2, 0) is 0 Å². The lowest BCUT2D eigenvalue weighted by atomic mass is 10.2. The van der Waals surface area contributed by atoms with Gasteiger partial charge in [-0.3, -0.25) is 9.78 Å². The minimum atomic E-state index is -0.0787. The molecule has 3 heterocycles. The van der Waals surface area contributed by atoms with Crippen LogP contribution in [0.4, 0.5) is 11.8 Å². The first-order chi connectivity index (χ1) is 11.2. The Morgan fingerprint density at radius 1 is 1.22 bits per heavy atom. The highest BCUT2D eigenvalue weighted by Gasteiger charge is 2.19. The maximum Gasteiger partial charge on any atom is 0.260 e. The number of aromatic nitrogens is 3. The van der Waals surface area contributed by atoms with Crippen LogP contribution in [0, 0.1) is 0 Å². The molecule has 1 saturated heterocycles. The van der Waals surface area contributed by atoms with E-state index in [4.69, 9.17) is 4.98 Å². The van der Waals surface area contributed by atoms with Gasteiger partial charge >= 0.3 is 0 Å². The topological polar surface area (TPSA) is 65.1 Å². The molecule has 124 valence electrons. The zero-order valence-electron chi connectivity index (χ0n) is 14.0. The van der Waals surface area contributed by atoms with Gasteiger partial charge in [0.15, 0.2) is 5.82 Å². The first kappa shape index (κ1) is 15.8. The van der Waals surface area contributed by atoms with Crippen molar-refractivity contribution in [3.05, 3.63) is 22.6 Å². The van der Waals surface area contributed by atoms with Gasteiger partial charge in [-0.15, -0.1) is 0 Å². The Kier molecular flexibility index (Phi) is 4.79. The molecule has 3 rings (SSSR count). The fraction of sp³-hybridized carbons (Fsp3) is 0.588. The van der Waals surface area contributed by atoms with Crippen molar-refractivity contribution in [1.29, 1.82) is 0 Å². The van der Waals surface area contributed by atoms with Crippen LogP contribution >= 0.6 is 0 Å². The summed E-state index contributed by atoms with van der Waals surface area (Å²) in [6.45, 7) is 8.04. The lowest BCUT2D eigenvalue weighted by Gasteiger charge is -2.23. The van der Waals surface area contributed by atoms with E-state index in [0.29, 0.717) is 11.3 Å². The van der Waals surface area contributed by atoms with Crippen LogP contribution < -0.4 is 15.4 Å². The number of rotatable bonds is 6. The van der Waals surface area contributed by atoms with Gasteiger partial charge in [-0.25, -0.2) is 9.97 Å². The number of nitrogens with one attached hydrogen (secondary N) is 1. The van der Waals surface area contributed by atoms with E-state index in [0.717, 1.165) is 50.4 Å². The molecule has 6 heteroatoms. The van der Waals surface area contributed by atoms with Crippen LogP contribution in [0.5, 0.6) is 0 Å². The molecule has 1 fully saturated rings. The molecule has 0 aromatic carbocycles. The predicted molar refractivity (Wildman–Crippen MR) is 94.4 cm³/mol. The number of anilines is 2. The summed E-state index contributed by atoms with van der Waals surface area (Å²) in [5.74, 6) is 1.51. The standard InChI is InChI=1S/C17H25N5O/c1-3-9-22(10-4-2)17-19-14-13(16(23)20-17)7-8-18-15(14)21-11-5-6-12-21/h7-8H,3-6,9-12H2,1-2H3,(H,19,20,23). The minimum Gasteiger partial charge on any atom is -0.355 e. The number of hydrogen-bond donors (Lipinski definition) is 1. The van der Waals surface area contributed by atoms with E-state index < -0.39 is 0 Å². The largest absolute Gasteiger partial charge is 0.355 e. The SMILES string of the molecule is CCCN(CCC)c1nc2c(N3CCCC3)nccc2c(=O)[nH]1. The number of hydrogen-bond acceptors (Lipinski definition) is 5. The van der Waals surface area contributed by atoms with Crippen molar-refractivity contribution in [1.82, 2.24) is 15.0 Å². The van der Waals surface area contributed by atoms with Crippen molar-refractivity contribution in [2.75, 3.05) is 36.0 Å². The van der Waals surface area contributed by atoms with Gasteiger partial charge in [-0.1, -0.05) is 13.8 Å². The molecule has 0 unspecified atom stereocenters. The summed E-state index contributed by atoms with van der Waals surface area (Å²) in [6.07, 6.45) is 6.10. The number of H-pyrrole nitrogens is 1. The van der Waals surface area contributed by atoms with E-state index in [1.54, 1.807) is 12.3 Å². The Hall–Kier alpha value is -2.11. The number of nitrogens with zero attached hydrogens (tertiary/aromatic N) is 4. The second-order valence-corrected chi connectivity index (χ2v) is 6.10. The fourth-order valence-corrected chi connectivity index (χ4v) is 3.21. The van der Waals surface area contributed by atoms with Crippen molar-refractivity contribution in [2.45, 2.75) is 39.5 Å². The van der Waals surface area contributed by atoms with Crippen molar-refractivity contribution >= 4 is 22.7 Å². The monoisotopic (exact) mass is 315 g/mol. The molecule has 6 nitrogen and oxygen atoms in total. The Labute approximate surface area is 136 Å². The number of aromatic amines is 1. The molecule has 0 spiro atoms. The molecule has 0 radical (unpaired) electrons. The van der Waals surface area contributed by atoms with Crippen LogP contribution in [0.2, 0.25) is 0 Å². The van der Waals surface area contributed by atoms with Gasteiger partial charge in [-0.2, -0.15) is 0 Å². The van der Waals surface area contributed by atoms with E-state index in [1.807, 2.05) is 0 Å². The molecule has 0 saturated carbocycles. The fourth-order valence-electron chi connectivity index (χ4n) is 3.21. The van der Waals surface area contributed by atoms with Crippen molar-refractivity contribution in [3.63, 3.8) is 0 Å². The van der Waals surface area contributed by atoms with E-state index in [2.05, 4.69) is 33.6 Å². The van der Waals surface area contributed by atoms with Crippen LogP contribution in [0.1, 0.15) is 39.5 Å². The van der Waals surface area contributed by atoms with Crippen LogP contribution in [0.25, 0.3) is 10.9 Å². The molecule has 1 aliphatic heterocycles. The molecular weight excluding hydrogens is 290 g/mol.